The number of rotatable bonds is 5. The number of aryl methyl sites for hydroxylation is 2. The minimum Gasteiger partial charge on any atom is -0.0646 e. The molecule has 0 saturated carbocycles. The fraction of sp³-hybridized carbons (Fsp3) is 0.333. The smallest absolute Gasteiger partial charge is 0.0646 e. The second-order valence-corrected chi connectivity index (χ2v) is 23.3. The molecule has 2 heterocycles. The average molecular weight is 835 g/mol. The largest absolute Gasteiger partial charge is 0.242 e. The SMILES string of the molecule is Cc1cc2c3c(c1)C(c1ccc(C(C)(C)C)cc1-c1ccccc1)c1ccc(-c4ccccc4)cc1B3c1cc3c(cc1C2Cc1ccc(C(C)(C)C)cc1C)C(C)(C)CCC3(C)C. The second-order valence-electron chi connectivity index (χ2n) is 23.3. The molecule has 322 valence electrons. The molecule has 0 N–H and O–H groups in total. The van der Waals surface area contributed by atoms with Gasteiger partial charge in [0.05, 0.1) is 0 Å². The van der Waals surface area contributed by atoms with E-state index in [1.807, 2.05) is 0 Å². The maximum atomic E-state index is 2.73. The van der Waals surface area contributed by atoms with Crippen molar-refractivity contribution in [3.8, 4) is 22.3 Å². The maximum Gasteiger partial charge on any atom is 0.242 e. The molecule has 0 fully saturated rings. The summed E-state index contributed by atoms with van der Waals surface area (Å²) < 4.78 is 0. The van der Waals surface area contributed by atoms with E-state index >= 15 is 0 Å². The Balaban J connectivity index is 1.30. The van der Waals surface area contributed by atoms with Gasteiger partial charge in [-0.3, -0.25) is 0 Å². The number of hydrogen-bond donors (Lipinski definition) is 0. The van der Waals surface area contributed by atoms with Crippen LogP contribution in [0, 0.1) is 13.8 Å². The third kappa shape index (κ3) is 7.14. The van der Waals surface area contributed by atoms with Gasteiger partial charge in [0.1, 0.15) is 0 Å². The molecule has 3 aliphatic rings. The predicted octanol–water partition coefficient (Wildman–Crippen LogP) is 14.3. The average Bonchev–Trinajstić information content (AvgIpc) is 3.26. The highest BCUT2D eigenvalue weighted by Gasteiger charge is 2.47. The molecule has 64 heavy (non-hydrogen) atoms. The van der Waals surface area contributed by atoms with Crippen molar-refractivity contribution in [1.82, 2.24) is 0 Å². The first-order valence-corrected chi connectivity index (χ1v) is 24.1. The van der Waals surface area contributed by atoms with Crippen LogP contribution in [0.3, 0.4) is 0 Å². The Labute approximate surface area is 385 Å². The quantitative estimate of drug-likeness (QED) is 0.152. The molecule has 0 nitrogen and oxygen atoms in total. The van der Waals surface area contributed by atoms with Gasteiger partial charge in [-0.1, -0.05) is 231 Å². The van der Waals surface area contributed by atoms with Gasteiger partial charge in [-0.05, 0) is 138 Å². The Morgan fingerprint density at radius 1 is 0.500 bits per heavy atom. The Kier molecular flexibility index (Phi) is 10.0. The first-order valence-electron chi connectivity index (χ1n) is 24.1. The summed E-state index contributed by atoms with van der Waals surface area (Å²) >= 11 is 0. The van der Waals surface area contributed by atoms with Crippen molar-refractivity contribution in [3.63, 3.8) is 0 Å². The van der Waals surface area contributed by atoms with Crippen molar-refractivity contribution in [3.05, 3.63) is 206 Å². The molecule has 10 rings (SSSR count). The standard InChI is InChI=1S/C63H67B/c1-39-31-52-50(34-43-23-25-45(33-40(43)2)60(3,4)5)51-37-54-55(63(11,12)30-29-62(54,9)10)38-57(51)64-56-35-44(41-19-15-13-16-20-41)24-27-48(56)58(53(32-39)59(52)64)47-28-26-46(61(6,7)8)36-49(47)42-21-17-14-18-22-42/h13-28,31-33,35-38,50,58H,29-30,34H2,1-12H3. The number of hydrogen-bond acceptors (Lipinski definition) is 0. The minimum absolute atomic E-state index is 0.0202. The Morgan fingerprint density at radius 2 is 1.06 bits per heavy atom. The van der Waals surface area contributed by atoms with Gasteiger partial charge in [-0.15, -0.1) is 0 Å². The summed E-state index contributed by atoms with van der Waals surface area (Å²) in [5, 5.41) is 0. The van der Waals surface area contributed by atoms with E-state index in [0.29, 0.717) is 0 Å². The lowest BCUT2D eigenvalue weighted by Crippen LogP contribution is -2.63. The van der Waals surface area contributed by atoms with Crippen molar-refractivity contribution in [2.45, 2.75) is 136 Å². The molecule has 1 heteroatoms. The van der Waals surface area contributed by atoms with E-state index in [1.54, 1.807) is 16.6 Å². The van der Waals surface area contributed by atoms with E-state index in [4.69, 9.17) is 0 Å². The van der Waals surface area contributed by atoms with Gasteiger partial charge >= 0.3 is 0 Å². The predicted molar refractivity (Wildman–Crippen MR) is 276 cm³/mol. The van der Waals surface area contributed by atoms with Crippen LogP contribution in [0.1, 0.15) is 161 Å². The van der Waals surface area contributed by atoms with Crippen molar-refractivity contribution in [2.75, 3.05) is 0 Å². The topological polar surface area (TPSA) is 0 Å². The van der Waals surface area contributed by atoms with Crippen molar-refractivity contribution < 1.29 is 0 Å². The molecular weight excluding hydrogens is 768 g/mol. The van der Waals surface area contributed by atoms with E-state index in [9.17, 15) is 0 Å². The van der Waals surface area contributed by atoms with E-state index in [0.717, 1.165) is 6.42 Å². The Hall–Kier alpha value is -5.40. The highest BCUT2D eigenvalue weighted by molar-refractivity contribution is 6.97. The summed E-state index contributed by atoms with van der Waals surface area (Å²) in [5.41, 5.74) is 27.5. The van der Waals surface area contributed by atoms with Crippen molar-refractivity contribution >= 4 is 23.1 Å². The lowest BCUT2D eigenvalue weighted by molar-refractivity contribution is 0.331. The molecule has 2 atom stereocenters. The zero-order valence-corrected chi connectivity index (χ0v) is 40.6. The van der Waals surface area contributed by atoms with Crippen LogP contribution < -0.4 is 16.4 Å². The molecule has 0 amide bonds. The highest BCUT2D eigenvalue weighted by Crippen LogP contribution is 2.49. The summed E-state index contributed by atoms with van der Waals surface area (Å²) in [4.78, 5) is 0. The monoisotopic (exact) mass is 835 g/mol. The van der Waals surface area contributed by atoms with Gasteiger partial charge < -0.3 is 0 Å². The zero-order valence-electron chi connectivity index (χ0n) is 40.6. The van der Waals surface area contributed by atoms with Gasteiger partial charge in [0.25, 0.3) is 0 Å². The normalized spacial score (nSPS) is 18.2. The summed E-state index contributed by atoms with van der Waals surface area (Å²) in [5.74, 6) is 0.290. The molecule has 0 radical (unpaired) electrons. The molecular formula is C63H67B. The van der Waals surface area contributed by atoms with Gasteiger partial charge in [0.15, 0.2) is 0 Å². The van der Waals surface area contributed by atoms with Crippen LogP contribution >= 0.6 is 0 Å². The zero-order chi connectivity index (χ0) is 45.1. The molecule has 0 bridgehead atoms. The molecule has 0 aromatic heterocycles. The first kappa shape index (κ1) is 42.5. The molecule has 0 spiro atoms. The number of benzene rings is 7. The fourth-order valence-electron chi connectivity index (χ4n) is 11.9. The van der Waals surface area contributed by atoms with Crippen LogP contribution in [0.15, 0.2) is 140 Å². The summed E-state index contributed by atoms with van der Waals surface area (Å²) in [6.07, 6.45) is 3.38. The summed E-state index contributed by atoms with van der Waals surface area (Å²) in [6, 6.07) is 55.2. The summed E-state index contributed by atoms with van der Waals surface area (Å²) in [7, 11) is 0. The lowest BCUT2D eigenvalue weighted by atomic mass is 9.28. The van der Waals surface area contributed by atoms with Crippen LogP contribution in [0.4, 0.5) is 0 Å². The summed E-state index contributed by atoms with van der Waals surface area (Å²) in [6.45, 7) is 28.9. The fourth-order valence-corrected chi connectivity index (χ4v) is 11.9. The van der Waals surface area contributed by atoms with Gasteiger partial charge in [0.2, 0.25) is 6.71 Å². The molecule has 0 saturated heterocycles. The third-order valence-electron chi connectivity index (χ3n) is 15.9. The van der Waals surface area contributed by atoms with E-state index in [-0.39, 0.29) is 40.2 Å². The maximum absolute atomic E-state index is 2.73. The third-order valence-corrected chi connectivity index (χ3v) is 15.9. The molecule has 7 aromatic carbocycles. The highest BCUT2D eigenvalue weighted by atomic mass is 14.4. The molecule has 7 aromatic rings. The van der Waals surface area contributed by atoms with Crippen LogP contribution in [0.5, 0.6) is 0 Å². The van der Waals surface area contributed by atoms with Gasteiger partial charge in [-0.25, -0.2) is 0 Å². The van der Waals surface area contributed by atoms with Crippen LogP contribution in [0.25, 0.3) is 22.3 Å². The van der Waals surface area contributed by atoms with E-state index in [1.165, 1.54) is 102 Å². The molecule has 2 aliphatic heterocycles. The van der Waals surface area contributed by atoms with Crippen LogP contribution in [-0.4, -0.2) is 6.71 Å². The van der Waals surface area contributed by atoms with Gasteiger partial charge in [0, 0.05) is 11.8 Å². The molecule has 2 unspecified atom stereocenters. The minimum atomic E-state index is 0.0202. The van der Waals surface area contributed by atoms with Gasteiger partial charge in [-0.2, -0.15) is 0 Å². The van der Waals surface area contributed by atoms with Crippen molar-refractivity contribution in [1.29, 1.82) is 0 Å². The molecule has 1 aliphatic carbocycles. The second kappa shape index (κ2) is 15.1. The lowest BCUT2D eigenvalue weighted by Gasteiger charge is -2.46. The Bertz CT molecular complexity index is 2950. The van der Waals surface area contributed by atoms with E-state index in [2.05, 4.69) is 223 Å². The van der Waals surface area contributed by atoms with Crippen LogP contribution in [-0.2, 0) is 28.1 Å². The van der Waals surface area contributed by atoms with E-state index < -0.39 is 0 Å². The van der Waals surface area contributed by atoms with Crippen molar-refractivity contribution in [2.24, 2.45) is 0 Å². The Morgan fingerprint density at radius 3 is 1.70 bits per heavy atom. The van der Waals surface area contributed by atoms with Crippen LogP contribution in [0.2, 0.25) is 0 Å². The first-order chi connectivity index (χ1) is 30.3. The number of fused-ring (bicyclic) bond motifs is 5.